The number of carbonyl (C=O) groups excluding carboxylic acids is 1. The van der Waals surface area contributed by atoms with E-state index in [2.05, 4.69) is 15.6 Å². The van der Waals surface area contributed by atoms with Gasteiger partial charge in [0.15, 0.2) is 5.13 Å². The van der Waals surface area contributed by atoms with Crippen LogP contribution in [-0.4, -0.2) is 21.9 Å². The predicted molar refractivity (Wildman–Crippen MR) is 97.3 cm³/mol. The molecule has 0 radical (unpaired) electrons. The van der Waals surface area contributed by atoms with Gasteiger partial charge in [0.05, 0.1) is 15.1 Å². The maximum absolute atomic E-state index is 12.4. The molecule has 2 N–H and O–H groups in total. The minimum absolute atomic E-state index is 0.0937. The highest BCUT2D eigenvalue weighted by Crippen LogP contribution is 2.32. The second-order valence-corrected chi connectivity index (χ2v) is 6.88. The highest BCUT2D eigenvalue weighted by Gasteiger charge is 2.25. The Hall–Kier alpha value is -3.00. The molecule has 1 fully saturated rings. The van der Waals surface area contributed by atoms with Crippen molar-refractivity contribution in [3.05, 3.63) is 58.1 Å². The number of carbonyl (C=O) groups is 1. The summed E-state index contributed by atoms with van der Waals surface area (Å²) in [5.74, 6) is -0.417. The lowest BCUT2D eigenvalue weighted by Gasteiger charge is -2.07. The largest absolute Gasteiger partial charge is 0.377 e. The summed E-state index contributed by atoms with van der Waals surface area (Å²) in [4.78, 5) is 27.6. The van der Waals surface area contributed by atoms with E-state index >= 15 is 0 Å². The van der Waals surface area contributed by atoms with Gasteiger partial charge in [-0.05, 0) is 37.1 Å². The fraction of sp³-hybridized carbons (Fsp3) is 0.176. The average molecular weight is 354 g/mol. The number of thiazole rings is 1. The van der Waals surface area contributed by atoms with E-state index in [4.69, 9.17) is 0 Å². The quantitative estimate of drug-likeness (QED) is 0.532. The van der Waals surface area contributed by atoms with Gasteiger partial charge in [-0.1, -0.05) is 23.5 Å². The molecule has 0 spiro atoms. The summed E-state index contributed by atoms with van der Waals surface area (Å²) in [6.07, 6.45) is 2.02. The third-order valence-corrected chi connectivity index (χ3v) is 4.86. The molecule has 0 atom stereocenters. The van der Waals surface area contributed by atoms with Crippen molar-refractivity contribution in [3.8, 4) is 0 Å². The molecule has 0 aliphatic heterocycles. The van der Waals surface area contributed by atoms with Crippen molar-refractivity contribution in [2.45, 2.75) is 18.9 Å². The van der Waals surface area contributed by atoms with Crippen molar-refractivity contribution in [2.75, 3.05) is 10.6 Å². The Morgan fingerprint density at radius 3 is 2.76 bits per heavy atom. The van der Waals surface area contributed by atoms with Crippen molar-refractivity contribution in [1.29, 1.82) is 0 Å². The Morgan fingerprint density at radius 2 is 2.04 bits per heavy atom. The van der Waals surface area contributed by atoms with Gasteiger partial charge in [0.2, 0.25) is 0 Å². The van der Waals surface area contributed by atoms with Crippen LogP contribution in [0.25, 0.3) is 10.2 Å². The van der Waals surface area contributed by atoms with E-state index in [1.165, 1.54) is 17.4 Å². The van der Waals surface area contributed by atoms with E-state index in [-0.39, 0.29) is 11.3 Å². The van der Waals surface area contributed by atoms with Gasteiger partial charge >= 0.3 is 0 Å². The van der Waals surface area contributed by atoms with Crippen LogP contribution < -0.4 is 10.6 Å². The van der Waals surface area contributed by atoms with Gasteiger partial charge in [0.1, 0.15) is 5.69 Å². The molecule has 4 rings (SSSR count). The maximum atomic E-state index is 12.4. The van der Waals surface area contributed by atoms with Gasteiger partial charge in [0.25, 0.3) is 11.6 Å². The highest BCUT2D eigenvalue weighted by atomic mass is 32.1. The van der Waals surface area contributed by atoms with Gasteiger partial charge in [-0.15, -0.1) is 0 Å². The number of anilines is 2. The van der Waals surface area contributed by atoms with Crippen LogP contribution in [0.3, 0.4) is 0 Å². The number of aromatic nitrogens is 1. The highest BCUT2D eigenvalue weighted by molar-refractivity contribution is 7.22. The van der Waals surface area contributed by atoms with Crippen molar-refractivity contribution in [3.63, 3.8) is 0 Å². The lowest BCUT2D eigenvalue weighted by atomic mass is 10.1. The first-order valence-corrected chi connectivity index (χ1v) is 8.64. The number of amides is 1. The Labute approximate surface area is 146 Å². The summed E-state index contributed by atoms with van der Waals surface area (Å²) >= 11 is 1.36. The zero-order valence-corrected chi connectivity index (χ0v) is 13.9. The van der Waals surface area contributed by atoms with Crippen molar-refractivity contribution in [2.24, 2.45) is 0 Å². The molecule has 2 aromatic carbocycles. The van der Waals surface area contributed by atoms with Gasteiger partial charge in [-0.25, -0.2) is 4.98 Å². The number of hydrogen-bond donors (Lipinski definition) is 2. The minimum Gasteiger partial charge on any atom is -0.377 e. The minimum atomic E-state index is -0.473. The molecule has 1 saturated carbocycles. The summed E-state index contributed by atoms with van der Waals surface area (Å²) in [5.41, 5.74) is 1.39. The van der Waals surface area contributed by atoms with Crippen LogP contribution in [0.1, 0.15) is 23.2 Å². The molecule has 3 aromatic rings. The van der Waals surface area contributed by atoms with Crippen LogP contribution in [0.4, 0.5) is 16.5 Å². The van der Waals surface area contributed by atoms with E-state index in [1.54, 1.807) is 12.1 Å². The number of nitro benzene ring substituents is 1. The molecule has 0 bridgehead atoms. The van der Waals surface area contributed by atoms with E-state index in [0.29, 0.717) is 16.9 Å². The van der Waals surface area contributed by atoms with Crippen molar-refractivity contribution in [1.82, 2.24) is 4.98 Å². The average Bonchev–Trinajstić information content (AvgIpc) is 3.31. The number of rotatable bonds is 5. The van der Waals surface area contributed by atoms with Gasteiger partial charge in [-0.3, -0.25) is 20.2 Å². The molecule has 0 saturated heterocycles. The third kappa shape index (κ3) is 3.29. The first-order valence-electron chi connectivity index (χ1n) is 7.82. The van der Waals surface area contributed by atoms with Crippen LogP contribution in [0.2, 0.25) is 0 Å². The number of nitrogens with zero attached hydrogens (tertiary/aromatic N) is 2. The van der Waals surface area contributed by atoms with Crippen molar-refractivity contribution < 1.29 is 9.72 Å². The third-order valence-electron chi connectivity index (χ3n) is 3.91. The Morgan fingerprint density at radius 1 is 1.24 bits per heavy atom. The number of fused-ring (bicyclic) bond motifs is 1. The van der Waals surface area contributed by atoms with E-state index in [0.717, 1.165) is 23.1 Å². The van der Waals surface area contributed by atoms with Crippen molar-refractivity contribution >= 4 is 44.0 Å². The molecule has 1 aliphatic carbocycles. The Bertz CT molecular complexity index is 948. The second kappa shape index (κ2) is 6.14. The Balaban J connectivity index is 1.58. The fourth-order valence-electron chi connectivity index (χ4n) is 2.49. The van der Waals surface area contributed by atoms with Crippen LogP contribution >= 0.6 is 11.3 Å². The molecule has 0 unspecified atom stereocenters. The molecular formula is C17H14N4O3S. The number of hydrogen-bond acceptors (Lipinski definition) is 6. The lowest BCUT2D eigenvalue weighted by Crippen LogP contribution is -2.13. The molecule has 1 amide bonds. The van der Waals surface area contributed by atoms with Crippen LogP contribution in [0.5, 0.6) is 0 Å². The first-order chi connectivity index (χ1) is 12.1. The summed E-state index contributed by atoms with van der Waals surface area (Å²) in [5, 5.41) is 17.6. The zero-order valence-electron chi connectivity index (χ0n) is 13.1. The smallest absolute Gasteiger partial charge is 0.293 e. The SMILES string of the molecule is O=C(Nc1nc2ccccc2s1)c1ccc(NC2CC2)c([N+](=O)[O-])c1. The molecular weight excluding hydrogens is 340 g/mol. The maximum Gasteiger partial charge on any atom is 0.293 e. The van der Waals surface area contributed by atoms with E-state index in [1.807, 2.05) is 24.3 Å². The topological polar surface area (TPSA) is 97.2 Å². The number of benzene rings is 2. The monoisotopic (exact) mass is 354 g/mol. The van der Waals surface area contributed by atoms with E-state index in [9.17, 15) is 14.9 Å². The zero-order chi connectivity index (χ0) is 17.4. The summed E-state index contributed by atoms with van der Waals surface area (Å²) in [6.45, 7) is 0. The normalized spacial score (nSPS) is 13.6. The summed E-state index contributed by atoms with van der Waals surface area (Å²) < 4.78 is 0.966. The Kier molecular flexibility index (Phi) is 3.81. The van der Waals surface area contributed by atoms with Crippen LogP contribution in [0.15, 0.2) is 42.5 Å². The molecule has 126 valence electrons. The molecule has 7 nitrogen and oxygen atoms in total. The number of nitro groups is 1. The molecule has 1 heterocycles. The van der Waals surface area contributed by atoms with Gasteiger partial charge < -0.3 is 5.32 Å². The van der Waals surface area contributed by atoms with Crippen LogP contribution in [-0.2, 0) is 0 Å². The molecule has 8 heteroatoms. The standard InChI is InChI=1S/C17H14N4O3S/c22-16(20-17-19-13-3-1-2-4-15(13)25-17)10-5-8-12(18-11-6-7-11)14(9-10)21(23)24/h1-5,8-9,11,18H,6-7H2,(H,19,20,22). The first kappa shape index (κ1) is 15.5. The van der Waals surface area contributed by atoms with E-state index < -0.39 is 10.8 Å². The predicted octanol–water partition coefficient (Wildman–Crippen LogP) is 4.03. The molecule has 1 aromatic heterocycles. The molecule has 25 heavy (non-hydrogen) atoms. The summed E-state index contributed by atoms with van der Waals surface area (Å²) in [6, 6.07) is 12.3. The lowest BCUT2D eigenvalue weighted by molar-refractivity contribution is -0.384. The number of para-hydroxylation sites is 1. The fourth-order valence-corrected chi connectivity index (χ4v) is 3.35. The number of nitrogens with one attached hydrogen (secondary N) is 2. The molecule has 1 aliphatic rings. The second-order valence-electron chi connectivity index (χ2n) is 5.85. The van der Waals surface area contributed by atoms with Gasteiger partial charge in [-0.2, -0.15) is 0 Å². The van der Waals surface area contributed by atoms with Gasteiger partial charge in [0, 0.05) is 17.7 Å². The van der Waals surface area contributed by atoms with Crippen LogP contribution in [0, 0.1) is 10.1 Å². The summed E-state index contributed by atoms with van der Waals surface area (Å²) in [7, 11) is 0.